The van der Waals surface area contributed by atoms with Gasteiger partial charge in [-0.25, -0.2) is 4.39 Å². The molecule has 4 rings (SSSR count). The number of hydrogen-bond acceptors (Lipinski definition) is 5. The van der Waals surface area contributed by atoms with Gasteiger partial charge in [0, 0.05) is 41.3 Å². The van der Waals surface area contributed by atoms with E-state index in [-0.39, 0.29) is 5.82 Å². The van der Waals surface area contributed by atoms with Gasteiger partial charge >= 0.3 is 0 Å². The molecule has 0 aliphatic carbocycles. The zero-order valence-corrected chi connectivity index (χ0v) is 16.4. The molecule has 0 saturated heterocycles. The number of pyridine rings is 2. The molecule has 7 heteroatoms. The van der Waals surface area contributed by atoms with Gasteiger partial charge in [-0.1, -0.05) is 0 Å². The maximum absolute atomic E-state index is 13.4. The normalized spacial score (nSPS) is 11.1. The van der Waals surface area contributed by atoms with Crippen molar-refractivity contribution in [1.29, 1.82) is 0 Å². The average molecular weight is 393 g/mol. The van der Waals surface area contributed by atoms with E-state index >= 15 is 0 Å². The van der Waals surface area contributed by atoms with Crippen LogP contribution in [-0.4, -0.2) is 21.0 Å². The van der Waals surface area contributed by atoms with Gasteiger partial charge in [0.05, 0.1) is 22.9 Å². The Morgan fingerprint density at radius 3 is 2.82 bits per heavy atom. The van der Waals surface area contributed by atoms with E-state index in [2.05, 4.69) is 36.8 Å². The van der Waals surface area contributed by atoms with Gasteiger partial charge in [-0.2, -0.15) is 0 Å². The maximum atomic E-state index is 13.4. The molecular weight excluding hydrogens is 373 g/mol. The van der Waals surface area contributed by atoms with Crippen molar-refractivity contribution in [2.75, 3.05) is 12.4 Å². The summed E-state index contributed by atoms with van der Waals surface area (Å²) in [5.41, 5.74) is 5.63. The summed E-state index contributed by atoms with van der Waals surface area (Å²) in [6, 6.07) is 10.7. The third-order valence-corrected chi connectivity index (χ3v) is 5.31. The van der Waals surface area contributed by atoms with Crippen molar-refractivity contribution < 1.29 is 4.39 Å². The molecule has 4 aromatic rings. The molecule has 0 saturated carbocycles. The van der Waals surface area contributed by atoms with E-state index in [4.69, 9.17) is 0 Å². The fourth-order valence-corrected chi connectivity index (χ4v) is 3.93. The molecule has 0 spiro atoms. The molecule has 142 valence electrons. The Balaban J connectivity index is 1.73. The van der Waals surface area contributed by atoms with Crippen molar-refractivity contribution in [3.05, 3.63) is 78.1 Å². The van der Waals surface area contributed by atoms with Gasteiger partial charge in [-0.3, -0.25) is 13.9 Å². The van der Waals surface area contributed by atoms with E-state index in [9.17, 15) is 4.39 Å². The third kappa shape index (κ3) is 3.85. The number of aryl methyl sites for hydroxylation is 1. The van der Waals surface area contributed by atoms with Crippen LogP contribution in [-0.2, 0) is 6.54 Å². The molecule has 3 aromatic heterocycles. The van der Waals surface area contributed by atoms with Crippen molar-refractivity contribution in [3.8, 4) is 0 Å². The summed E-state index contributed by atoms with van der Waals surface area (Å²) in [5.74, 6) is -0.241. The van der Waals surface area contributed by atoms with Crippen LogP contribution in [0.25, 0.3) is 11.0 Å². The highest BCUT2D eigenvalue weighted by molar-refractivity contribution is 7.98. The smallest absolute Gasteiger partial charge is 0.123 e. The molecule has 28 heavy (non-hydrogen) atoms. The quantitative estimate of drug-likeness (QED) is 0.488. The molecule has 0 unspecified atom stereocenters. The molecule has 1 aromatic carbocycles. The van der Waals surface area contributed by atoms with E-state index in [0.29, 0.717) is 0 Å². The highest BCUT2D eigenvalue weighted by Crippen LogP contribution is 2.31. The number of rotatable bonds is 6. The van der Waals surface area contributed by atoms with Gasteiger partial charge in [0.2, 0.25) is 0 Å². The molecule has 0 amide bonds. The molecule has 0 radical (unpaired) electrons. The van der Waals surface area contributed by atoms with Crippen molar-refractivity contribution in [3.63, 3.8) is 0 Å². The first-order valence-electron chi connectivity index (χ1n) is 8.90. The molecule has 0 aliphatic rings. The van der Waals surface area contributed by atoms with Gasteiger partial charge in [-0.15, -0.1) is 0 Å². The summed E-state index contributed by atoms with van der Waals surface area (Å²) in [7, 11) is 1.92. The predicted octanol–water partition coefficient (Wildman–Crippen LogP) is 4.90. The Kier molecular flexibility index (Phi) is 5.27. The Morgan fingerprint density at radius 2 is 2.07 bits per heavy atom. The fraction of sp³-hybridized carbons (Fsp3) is 0.143. The van der Waals surface area contributed by atoms with Gasteiger partial charge in [0.1, 0.15) is 5.82 Å². The Labute approximate surface area is 167 Å². The van der Waals surface area contributed by atoms with Crippen molar-refractivity contribution in [2.45, 2.75) is 18.4 Å². The van der Waals surface area contributed by atoms with Crippen LogP contribution in [0.15, 0.2) is 66.1 Å². The van der Waals surface area contributed by atoms with Crippen molar-refractivity contribution >= 4 is 34.4 Å². The first-order valence-corrected chi connectivity index (χ1v) is 9.67. The van der Waals surface area contributed by atoms with E-state index < -0.39 is 0 Å². The summed E-state index contributed by atoms with van der Waals surface area (Å²) in [4.78, 5) is 9.91. The summed E-state index contributed by atoms with van der Waals surface area (Å²) in [5, 5.41) is 6.54. The minimum Gasteiger partial charge on any atom is -0.354 e. The topological polar surface area (TPSA) is 54.8 Å². The van der Waals surface area contributed by atoms with Crippen LogP contribution in [0, 0.1) is 12.7 Å². The standard InChI is InChI=1S/C21H20FN5S/c1-14-8-16(22)5-6-19(14)26-17-9-20-21(25-11-17)15(10-23-2)13-27(20)28-18-4-3-7-24-12-18/h3-9,11-13,23,26H,10H2,1-2H3. The third-order valence-electron chi connectivity index (χ3n) is 4.36. The Morgan fingerprint density at radius 1 is 1.18 bits per heavy atom. The lowest BCUT2D eigenvalue weighted by atomic mass is 10.2. The van der Waals surface area contributed by atoms with Crippen molar-refractivity contribution in [2.24, 2.45) is 0 Å². The van der Waals surface area contributed by atoms with Gasteiger partial charge in [0.25, 0.3) is 0 Å². The number of hydrogen-bond donors (Lipinski definition) is 2. The number of anilines is 2. The monoisotopic (exact) mass is 393 g/mol. The molecule has 2 N–H and O–H groups in total. The molecule has 5 nitrogen and oxygen atoms in total. The number of halogens is 1. The summed E-state index contributed by atoms with van der Waals surface area (Å²) < 4.78 is 15.5. The first kappa shape index (κ1) is 18.5. The van der Waals surface area contributed by atoms with Crippen LogP contribution < -0.4 is 10.6 Å². The average Bonchev–Trinajstić information content (AvgIpc) is 3.02. The maximum Gasteiger partial charge on any atom is 0.123 e. The number of benzene rings is 1. The molecule has 3 heterocycles. The molecular formula is C21H20FN5S. The van der Waals surface area contributed by atoms with Gasteiger partial charge < -0.3 is 10.6 Å². The van der Waals surface area contributed by atoms with Crippen molar-refractivity contribution in [1.82, 2.24) is 19.3 Å². The molecule has 0 aliphatic heterocycles. The second kappa shape index (κ2) is 8.00. The van der Waals surface area contributed by atoms with Crippen LogP contribution in [0.3, 0.4) is 0 Å². The summed E-state index contributed by atoms with van der Waals surface area (Å²) in [6.07, 6.45) is 7.51. The second-order valence-electron chi connectivity index (χ2n) is 6.47. The second-order valence-corrected chi connectivity index (χ2v) is 7.51. The number of aromatic nitrogens is 3. The van der Waals surface area contributed by atoms with Gasteiger partial charge in [-0.05, 0) is 67.9 Å². The molecule has 0 bridgehead atoms. The zero-order valence-electron chi connectivity index (χ0n) is 15.6. The lowest BCUT2D eigenvalue weighted by molar-refractivity contribution is 0.627. The van der Waals surface area contributed by atoms with E-state index in [1.54, 1.807) is 24.2 Å². The SMILES string of the molecule is CNCc1cn(Sc2cccnc2)c2cc(Nc3ccc(F)cc3C)cnc12. The summed E-state index contributed by atoms with van der Waals surface area (Å²) in [6.45, 7) is 2.61. The predicted molar refractivity (Wildman–Crippen MR) is 112 cm³/mol. The molecule has 0 atom stereocenters. The van der Waals surface area contributed by atoms with Crippen LogP contribution in [0.5, 0.6) is 0 Å². The highest BCUT2D eigenvalue weighted by atomic mass is 32.2. The Bertz CT molecular complexity index is 1110. The first-order chi connectivity index (χ1) is 13.6. The van der Waals surface area contributed by atoms with Crippen LogP contribution >= 0.6 is 11.9 Å². The lowest BCUT2D eigenvalue weighted by Gasteiger charge is -2.10. The number of nitrogens with zero attached hydrogens (tertiary/aromatic N) is 3. The minimum atomic E-state index is -0.241. The molecule has 0 fully saturated rings. The Hall–Kier alpha value is -2.90. The summed E-state index contributed by atoms with van der Waals surface area (Å²) >= 11 is 1.59. The zero-order chi connectivity index (χ0) is 19.5. The van der Waals surface area contributed by atoms with E-state index in [1.807, 2.05) is 38.5 Å². The minimum absolute atomic E-state index is 0.241. The largest absolute Gasteiger partial charge is 0.354 e. The lowest BCUT2D eigenvalue weighted by Crippen LogP contribution is -2.04. The van der Waals surface area contributed by atoms with Crippen LogP contribution in [0.1, 0.15) is 11.1 Å². The van der Waals surface area contributed by atoms with E-state index in [1.165, 1.54) is 12.1 Å². The van der Waals surface area contributed by atoms with E-state index in [0.717, 1.165) is 45.0 Å². The highest BCUT2D eigenvalue weighted by Gasteiger charge is 2.12. The number of nitrogens with one attached hydrogen (secondary N) is 2. The van der Waals surface area contributed by atoms with Crippen LogP contribution in [0.4, 0.5) is 15.8 Å². The fourth-order valence-electron chi connectivity index (χ4n) is 3.04. The number of fused-ring (bicyclic) bond motifs is 1. The van der Waals surface area contributed by atoms with Gasteiger partial charge in [0.15, 0.2) is 0 Å². The van der Waals surface area contributed by atoms with Crippen LogP contribution in [0.2, 0.25) is 0 Å².